The number of nitrogens with zero attached hydrogens (tertiary/aromatic N) is 1. The number of amides is 1. The van der Waals surface area contributed by atoms with Gasteiger partial charge in [-0.3, -0.25) is 9.59 Å². The third kappa shape index (κ3) is 4.61. The molecule has 1 heterocycles. The van der Waals surface area contributed by atoms with Crippen molar-refractivity contribution >= 4 is 39.4 Å². The molecule has 1 aromatic carbocycles. The zero-order valence-electron chi connectivity index (χ0n) is 13.1. The normalized spacial score (nSPS) is 16.8. The van der Waals surface area contributed by atoms with E-state index in [4.69, 9.17) is 21.1 Å². The van der Waals surface area contributed by atoms with Crippen LogP contribution >= 0.6 is 27.5 Å². The van der Waals surface area contributed by atoms with E-state index >= 15 is 0 Å². The molecule has 0 aliphatic carbocycles. The molecule has 1 saturated heterocycles. The molecule has 0 bridgehead atoms. The summed E-state index contributed by atoms with van der Waals surface area (Å²) in [5, 5.41) is 0.591. The molecule has 0 N–H and O–H groups in total. The van der Waals surface area contributed by atoms with Crippen molar-refractivity contribution in [3.05, 3.63) is 27.7 Å². The Hall–Kier alpha value is -1.27. The van der Waals surface area contributed by atoms with Gasteiger partial charge in [-0.1, -0.05) is 11.6 Å². The molecule has 0 aromatic heterocycles. The van der Waals surface area contributed by atoms with E-state index < -0.39 is 6.10 Å². The van der Waals surface area contributed by atoms with Gasteiger partial charge >= 0.3 is 5.97 Å². The first-order valence-corrected chi connectivity index (χ1v) is 8.57. The van der Waals surface area contributed by atoms with Crippen molar-refractivity contribution in [1.29, 1.82) is 0 Å². The summed E-state index contributed by atoms with van der Waals surface area (Å²) in [4.78, 5) is 25.7. The van der Waals surface area contributed by atoms with E-state index in [1.165, 1.54) is 7.11 Å². The molecule has 126 valence electrons. The van der Waals surface area contributed by atoms with Crippen LogP contribution in [0.4, 0.5) is 0 Å². The fourth-order valence-electron chi connectivity index (χ4n) is 2.57. The minimum absolute atomic E-state index is 0.0878. The summed E-state index contributed by atoms with van der Waals surface area (Å²) in [6.45, 7) is 2.79. The van der Waals surface area contributed by atoms with Crippen LogP contribution in [0.1, 0.15) is 19.8 Å². The van der Waals surface area contributed by atoms with Crippen LogP contribution in [0.3, 0.4) is 0 Å². The maximum atomic E-state index is 12.5. The number of carbonyl (C=O) groups is 2. The average molecular weight is 405 g/mol. The van der Waals surface area contributed by atoms with Crippen LogP contribution < -0.4 is 4.74 Å². The van der Waals surface area contributed by atoms with E-state index in [1.54, 1.807) is 30.0 Å². The molecule has 2 rings (SSSR count). The van der Waals surface area contributed by atoms with Crippen LogP contribution in [-0.4, -0.2) is 43.1 Å². The van der Waals surface area contributed by atoms with E-state index in [9.17, 15) is 9.59 Å². The Labute approximate surface area is 149 Å². The third-order valence-corrected chi connectivity index (χ3v) is 4.74. The molecule has 1 unspecified atom stereocenters. The first-order valence-electron chi connectivity index (χ1n) is 7.40. The summed E-state index contributed by atoms with van der Waals surface area (Å²) >= 11 is 9.26. The molecule has 1 aromatic rings. The molecule has 23 heavy (non-hydrogen) atoms. The lowest BCUT2D eigenvalue weighted by Gasteiger charge is -2.32. The molecule has 0 spiro atoms. The van der Waals surface area contributed by atoms with Crippen LogP contribution in [0.5, 0.6) is 5.75 Å². The second-order valence-corrected chi connectivity index (χ2v) is 6.75. The number of ether oxygens (including phenoxy) is 2. The van der Waals surface area contributed by atoms with Gasteiger partial charge in [-0.25, -0.2) is 0 Å². The molecule has 0 saturated carbocycles. The quantitative estimate of drug-likeness (QED) is 0.723. The minimum Gasteiger partial charge on any atom is -0.480 e. The van der Waals surface area contributed by atoms with E-state index in [-0.39, 0.29) is 17.8 Å². The van der Waals surface area contributed by atoms with Crippen molar-refractivity contribution in [2.24, 2.45) is 5.92 Å². The van der Waals surface area contributed by atoms with Crippen molar-refractivity contribution < 1.29 is 19.1 Å². The van der Waals surface area contributed by atoms with Crippen LogP contribution in [0.25, 0.3) is 0 Å². The zero-order valence-corrected chi connectivity index (χ0v) is 15.4. The second-order valence-electron chi connectivity index (χ2n) is 5.46. The standard InChI is InChI=1S/C16H19BrClNO4/c1-10(23-14-4-3-12(18)9-13(14)17)15(20)19-7-5-11(6-8-19)16(21)22-2/h3-4,9-11H,5-8H2,1-2H3. The van der Waals surface area contributed by atoms with Gasteiger partial charge in [0.1, 0.15) is 5.75 Å². The Balaban J connectivity index is 1.92. The summed E-state index contributed by atoms with van der Waals surface area (Å²) < 4.78 is 11.2. The number of piperidine rings is 1. The largest absolute Gasteiger partial charge is 0.480 e. The number of hydrogen-bond donors (Lipinski definition) is 0. The predicted octanol–water partition coefficient (Wildman–Crippen LogP) is 3.28. The van der Waals surface area contributed by atoms with Gasteiger partial charge in [-0.15, -0.1) is 0 Å². The smallest absolute Gasteiger partial charge is 0.308 e. The Morgan fingerprint density at radius 2 is 2.00 bits per heavy atom. The highest BCUT2D eigenvalue weighted by atomic mass is 79.9. The van der Waals surface area contributed by atoms with E-state index in [0.29, 0.717) is 41.2 Å². The Kier molecular flexibility index (Phi) is 6.30. The predicted molar refractivity (Wildman–Crippen MR) is 90.6 cm³/mol. The van der Waals surface area contributed by atoms with Crippen LogP contribution in [0.15, 0.2) is 22.7 Å². The highest BCUT2D eigenvalue weighted by Crippen LogP contribution is 2.29. The molecule has 1 aliphatic heterocycles. The zero-order chi connectivity index (χ0) is 17.0. The summed E-state index contributed by atoms with van der Waals surface area (Å²) in [6, 6.07) is 5.15. The van der Waals surface area contributed by atoms with E-state index in [1.807, 2.05) is 0 Å². The fraction of sp³-hybridized carbons (Fsp3) is 0.500. The molecular weight excluding hydrogens is 386 g/mol. The van der Waals surface area contributed by atoms with E-state index in [0.717, 1.165) is 0 Å². The van der Waals surface area contributed by atoms with Gasteiger partial charge in [-0.2, -0.15) is 0 Å². The molecule has 5 nitrogen and oxygen atoms in total. The molecule has 1 amide bonds. The maximum absolute atomic E-state index is 12.5. The van der Waals surface area contributed by atoms with Gasteiger partial charge in [-0.05, 0) is 53.9 Å². The van der Waals surface area contributed by atoms with Crippen molar-refractivity contribution in [2.75, 3.05) is 20.2 Å². The van der Waals surface area contributed by atoms with Crippen LogP contribution in [0.2, 0.25) is 5.02 Å². The number of rotatable bonds is 4. The number of methoxy groups -OCH3 is 1. The lowest BCUT2D eigenvalue weighted by atomic mass is 9.97. The molecule has 0 radical (unpaired) electrons. The number of halogens is 2. The minimum atomic E-state index is -0.609. The molecular formula is C16H19BrClNO4. The van der Waals surface area contributed by atoms with Gasteiger partial charge in [0, 0.05) is 18.1 Å². The number of benzene rings is 1. The monoisotopic (exact) mass is 403 g/mol. The fourth-order valence-corrected chi connectivity index (χ4v) is 3.35. The summed E-state index contributed by atoms with van der Waals surface area (Å²) in [5.74, 6) is 0.159. The van der Waals surface area contributed by atoms with Crippen molar-refractivity contribution in [3.8, 4) is 5.75 Å². The molecule has 7 heteroatoms. The first-order chi connectivity index (χ1) is 10.9. The topological polar surface area (TPSA) is 55.8 Å². The summed E-state index contributed by atoms with van der Waals surface area (Å²) in [6.07, 6.45) is 0.632. The van der Waals surface area contributed by atoms with Crippen molar-refractivity contribution in [2.45, 2.75) is 25.9 Å². The van der Waals surface area contributed by atoms with E-state index in [2.05, 4.69) is 15.9 Å². The number of hydrogen-bond acceptors (Lipinski definition) is 4. The number of carbonyl (C=O) groups excluding carboxylic acids is 2. The lowest BCUT2D eigenvalue weighted by molar-refractivity contribution is -0.150. The highest BCUT2D eigenvalue weighted by Gasteiger charge is 2.30. The number of esters is 1. The first kappa shape index (κ1) is 18.1. The van der Waals surface area contributed by atoms with Crippen molar-refractivity contribution in [3.63, 3.8) is 0 Å². The van der Waals surface area contributed by atoms with Gasteiger partial charge in [0.2, 0.25) is 0 Å². The maximum Gasteiger partial charge on any atom is 0.308 e. The number of likely N-dealkylation sites (tertiary alicyclic amines) is 1. The lowest BCUT2D eigenvalue weighted by Crippen LogP contribution is -2.45. The van der Waals surface area contributed by atoms with Gasteiger partial charge in [0.25, 0.3) is 5.91 Å². The van der Waals surface area contributed by atoms with Crippen LogP contribution in [0, 0.1) is 5.92 Å². The van der Waals surface area contributed by atoms with Gasteiger partial charge in [0.05, 0.1) is 17.5 Å². The Morgan fingerprint density at radius 1 is 1.35 bits per heavy atom. The van der Waals surface area contributed by atoms with Crippen LogP contribution in [-0.2, 0) is 14.3 Å². The highest BCUT2D eigenvalue weighted by molar-refractivity contribution is 9.10. The van der Waals surface area contributed by atoms with Crippen molar-refractivity contribution in [1.82, 2.24) is 4.90 Å². The second kappa shape index (κ2) is 8.02. The van der Waals surface area contributed by atoms with Gasteiger partial charge in [0.15, 0.2) is 6.10 Å². The molecule has 1 fully saturated rings. The molecule has 1 atom stereocenters. The third-order valence-electron chi connectivity index (χ3n) is 3.89. The average Bonchev–Trinajstić information content (AvgIpc) is 2.56. The molecule has 1 aliphatic rings. The summed E-state index contributed by atoms with van der Waals surface area (Å²) in [7, 11) is 1.39. The SMILES string of the molecule is COC(=O)C1CCN(C(=O)C(C)Oc2ccc(Cl)cc2Br)CC1. The Bertz CT molecular complexity index is 587. The summed E-state index contributed by atoms with van der Waals surface area (Å²) in [5.41, 5.74) is 0. The Morgan fingerprint density at radius 3 is 2.57 bits per heavy atom. The van der Waals surface area contributed by atoms with Gasteiger partial charge < -0.3 is 14.4 Å².